The van der Waals surface area contributed by atoms with Crippen LogP contribution in [-0.4, -0.2) is 38.9 Å². The number of piperidine rings is 1. The average molecular weight is 415 g/mol. The van der Waals surface area contributed by atoms with Gasteiger partial charge in [-0.1, -0.05) is 30.3 Å². The first kappa shape index (κ1) is 19.4. The smallest absolute Gasteiger partial charge is 0.310 e. The van der Waals surface area contributed by atoms with Gasteiger partial charge in [0.1, 0.15) is 11.9 Å². The average Bonchev–Trinajstić information content (AvgIpc) is 3.24. The molecular formula is C22H24F3N5. The molecule has 1 aromatic carbocycles. The van der Waals surface area contributed by atoms with Crippen LogP contribution in [0.1, 0.15) is 54.9 Å². The van der Waals surface area contributed by atoms with E-state index in [1.165, 1.54) is 0 Å². The number of nitriles is 1. The van der Waals surface area contributed by atoms with Gasteiger partial charge in [-0.15, -0.1) is 0 Å². The number of aromatic nitrogens is 3. The highest BCUT2D eigenvalue weighted by Gasteiger charge is 2.47. The Hall–Kier alpha value is -2.56. The topological polar surface area (TPSA) is 57.7 Å². The first-order valence-electron chi connectivity index (χ1n) is 10.7. The lowest BCUT2D eigenvalue weighted by Gasteiger charge is -2.34. The van der Waals surface area contributed by atoms with E-state index < -0.39 is 12.2 Å². The molecule has 0 spiro atoms. The van der Waals surface area contributed by atoms with Crippen molar-refractivity contribution in [1.82, 2.24) is 19.7 Å². The Balaban J connectivity index is 1.46. The second-order valence-electron chi connectivity index (χ2n) is 8.90. The Bertz CT molecular complexity index is 934. The summed E-state index contributed by atoms with van der Waals surface area (Å²) in [5, 5.41) is 13.6. The molecule has 1 saturated carbocycles. The van der Waals surface area contributed by atoms with Crippen molar-refractivity contribution in [3.05, 3.63) is 47.5 Å². The van der Waals surface area contributed by atoms with E-state index in [0.29, 0.717) is 42.2 Å². The lowest BCUT2D eigenvalue weighted by atomic mass is 9.82. The van der Waals surface area contributed by atoms with Crippen molar-refractivity contribution in [2.24, 2.45) is 17.8 Å². The number of hydrogen-bond acceptors (Lipinski definition) is 4. The SMILES string of the molecule is N#CN1C[C@H]2CC[C@@H](C1)C2Cc1nc2n(n1)C(C(F)(F)F)CCC2c1ccccc1. The first-order chi connectivity index (χ1) is 14.4. The fourth-order valence-electron chi connectivity index (χ4n) is 5.78. The molecule has 2 bridgehead atoms. The van der Waals surface area contributed by atoms with Gasteiger partial charge in [0.05, 0.1) is 0 Å². The summed E-state index contributed by atoms with van der Waals surface area (Å²) in [6.07, 6.45) is 1.08. The van der Waals surface area contributed by atoms with Crippen LogP contribution in [0.5, 0.6) is 0 Å². The van der Waals surface area contributed by atoms with Crippen molar-refractivity contribution in [2.75, 3.05) is 13.1 Å². The normalized spacial score (nSPS) is 30.7. The van der Waals surface area contributed by atoms with Crippen molar-refractivity contribution >= 4 is 0 Å². The summed E-state index contributed by atoms with van der Waals surface area (Å²) in [7, 11) is 0. The standard InChI is InChI=1S/C22H24F3N5/c23-22(24,25)19-9-8-17(14-4-2-1-3-5-14)21-27-20(28-30(19)21)10-18-15-6-7-16(18)12-29(11-15)13-26/h1-5,15-19H,6-12H2/t15-,16+,17?,18?,19?. The summed E-state index contributed by atoms with van der Waals surface area (Å²) in [6.45, 7) is 1.48. The molecule has 0 amide bonds. The Morgan fingerprint density at radius 1 is 1.03 bits per heavy atom. The lowest BCUT2D eigenvalue weighted by Crippen LogP contribution is -2.40. The maximum atomic E-state index is 13.7. The number of alkyl halides is 3. The predicted octanol–water partition coefficient (Wildman–Crippen LogP) is 4.29. The van der Waals surface area contributed by atoms with Crippen molar-refractivity contribution in [2.45, 2.75) is 50.2 Å². The molecule has 0 radical (unpaired) electrons. The van der Waals surface area contributed by atoms with E-state index in [9.17, 15) is 18.4 Å². The van der Waals surface area contributed by atoms with Crippen LogP contribution < -0.4 is 0 Å². The van der Waals surface area contributed by atoms with Gasteiger partial charge in [0.2, 0.25) is 0 Å². The number of likely N-dealkylation sites (tertiary alicyclic amines) is 1. The predicted molar refractivity (Wildman–Crippen MR) is 103 cm³/mol. The van der Waals surface area contributed by atoms with Crippen molar-refractivity contribution in [1.29, 1.82) is 5.26 Å². The Morgan fingerprint density at radius 3 is 2.37 bits per heavy atom. The molecule has 5 nitrogen and oxygen atoms in total. The van der Waals surface area contributed by atoms with Crippen LogP contribution in [0.2, 0.25) is 0 Å². The fraction of sp³-hybridized carbons (Fsp3) is 0.591. The first-order valence-corrected chi connectivity index (χ1v) is 10.7. The summed E-state index contributed by atoms with van der Waals surface area (Å²) in [5.74, 6) is 1.93. The summed E-state index contributed by atoms with van der Waals surface area (Å²) >= 11 is 0. The summed E-state index contributed by atoms with van der Waals surface area (Å²) in [6, 6.07) is 8.03. The molecule has 0 N–H and O–H groups in total. The maximum absolute atomic E-state index is 13.7. The molecule has 8 heteroatoms. The zero-order chi connectivity index (χ0) is 20.9. The number of benzene rings is 1. The second kappa shape index (κ2) is 7.29. The zero-order valence-electron chi connectivity index (χ0n) is 16.6. The van der Waals surface area contributed by atoms with Gasteiger partial charge in [0.15, 0.2) is 12.0 Å². The van der Waals surface area contributed by atoms with E-state index in [1.54, 1.807) is 0 Å². The summed E-state index contributed by atoms with van der Waals surface area (Å²) in [4.78, 5) is 6.49. The minimum absolute atomic E-state index is 0.0185. The minimum Gasteiger partial charge on any atom is -0.310 e. The Morgan fingerprint density at radius 2 is 1.73 bits per heavy atom. The van der Waals surface area contributed by atoms with Crippen LogP contribution in [0.15, 0.2) is 30.3 Å². The van der Waals surface area contributed by atoms with E-state index >= 15 is 0 Å². The Labute approximate surface area is 173 Å². The molecule has 5 atom stereocenters. The molecule has 1 aliphatic carbocycles. The van der Waals surface area contributed by atoms with Crippen LogP contribution in [0.4, 0.5) is 13.2 Å². The molecule has 1 saturated heterocycles. The van der Waals surface area contributed by atoms with Crippen molar-refractivity contribution in [3.8, 4) is 6.19 Å². The van der Waals surface area contributed by atoms with Crippen molar-refractivity contribution in [3.63, 3.8) is 0 Å². The van der Waals surface area contributed by atoms with E-state index in [0.717, 1.165) is 36.2 Å². The number of nitrogens with zero attached hydrogens (tertiary/aromatic N) is 5. The molecule has 3 aliphatic rings. The van der Waals surface area contributed by atoms with Gasteiger partial charge < -0.3 is 4.90 Å². The van der Waals surface area contributed by atoms with Gasteiger partial charge in [-0.05, 0) is 49.0 Å². The van der Waals surface area contributed by atoms with Gasteiger partial charge in [-0.3, -0.25) is 0 Å². The summed E-state index contributed by atoms with van der Waals surface area (Å²) in [5.41, 5.74) is 0.987. The van der Waals surface area contributed by atoms with Crippen molar-refractivity contribution < 1.29 is 13.2 Å². The highest BCUT2D eigenvalue weighted by molar-refractivity contribution is 5.27. The van der Waals surface area contributed by atoms with Crippen LogP contribution in [0.3, 0.4) is 0 Å². The highest BCUT2D eigenvalue weighted by atomic mass is 19.4. The molecule has 3 unspecified atom stereocenters. The number of halogens is 3. The number of hydrogen-bond donors (Lipinski definition) is 0. The van der Waals surface area contributed by atoms with Gasteiger partial charge in [0, 0.05) is 25.4 Å². The van der Waals surface area contributed by atoms with Crippen LogP contribution in [0, 0.1) is 29.2 Å². The molecule has 5 rings (SSSR count). The fourth-order valence-corrected chi connectivity index (χ4v) is 5.78. The number of rotatable bonds is 3. The van der Waals surface area contributed by atoms with Gasteiger partial charge in [-0.25, -0.2) is 9.67 Å². The van der Waals surface area contributed by atoms with Crippen LogP contribution in [-0.2, 0) is 6.42 Å². The molecule has 1 aromatic heterocycles. The van der Waals surface area contributed by atoms with Gasteiger partial charge in [-0.2, -0.15) is 23.5 Å². The van der Waals surface area contributed by atoms with E-state index in [-0.39, 0.29) is 12.3 Å². The third kappa shape index (κ3) is 3.34. The van der Waals surface area contributed by atoms with E-state index in [1.807, 2.05) is 35.2 Å². The van der Waals surface area contributed by atoms with E-state index in [2.05, 4.69) is 16.3 Å². The van der Waals surface area contributed by atoms with E-state index in [4.69, 9.17) is 0 Å². The molecular weight excluding hydrogens is 391 g/mol. The molecule has 2 aliphatic heterocycles. The largest absolute Gasteiger partial charge is 0.410 e. The van der Waals surface area contributed by atoms with Crippen LogP contribution >= 0.6 is 0 Å². The van der Waals surface area contributed by atoms with Gasteiger partial charge in [0.25, 0.3) is 0 Å². The molecule has 2 fully saturated rings. The lowest BCUT2D eigenvalue weighted by molar-refractivity contribution is -0.175. The number of fused-ring (bicyclic) bond motifs is 3. The quantitative estimate of drug-likeness (QED) is 0.702. The maximum Gasteiger partial charge on any atom is 0.410 e. The molecule has 2 aromatic rings. The van der Waals surface area contributed by atoms with Gasteiger partial charge >= 0.3 is 6.18 Å². The second-order valence-corrected chi connectivity index (χ2v) is 8.90. The Kier molecular flexibility index (Phi) is 4.72. The van der Waals surface area contributed by atoms with Crippen LogP contribution in [0.25, 0.3) is 0 Å². The highest BCUT2D eigenvalue weighted by Crippen LogP contribution is 2.45. The third-order valence-corrected chi connectivity index (χ3v) is 7.21. The zero-order valence-corrected chi connectivity index (χ0v) is 16.6. The monoisotopic (exact) mass is 415 g/mol. The summed E-state index contributed by atoms with van der Waals surface area (Å²) < 4.78 is 42.3. The minimum atomic E-state index is -4.33. The molecule has 30 heavy (non-hydrogen) atoms. The molecule has 158 valence electrons. The molecule has 3 heterocycles. The third-order valence-electron chi connectivity index (χ3n) is 7.21.